The van der Waals surface area contributed by atoms with Crippen molar-refractivity contribution < 1.29 is 9.21 Å². The van der Waals surface area contributed by atoms with Gasteiger partial charge in [0, 0.05) is 17.5 Å². The maximum atomic E-state index is 12.7. The van der Waals surface area contributed by atoms with E-state index in [1.807, 2.05) is 24.0 Å². The Hall–Kier alpha value is -1.08. The number of aryl methyl sites for hydroxylation is 1. The molecule has 1 amide bonds. The van der Waals surface area contributed by atoms with Gasteiger partial charge in [-0.2, -0.15) is 0 Å². The van der Waals surface area contributed by atoms with Gasteiger partial charge in [-0.15, -0.1) is 36.2 Å². The number of nitrogens with zero attached hydrogens (tertiary/aromatic N) is 2. The van der Waals surface area contributed by atoms with Crippen molar-refractivity contribution in [3.63, 3.8) is 0 Å². The van der Waals surface area contributed by atoms with E-state index in [1.165, 1.54) is 11.3 Å². The summed E-state index contributed by atoms with van der Waals surface area (Å²) in [6.07, 6.45) is 2.58. The van der Waals surface area contributed by atoms with Crippen molar-refractivity contribution >= 4 is 42.1 Å². The molecule has 1 fully saturated rings. The van der Waals surface area contributed by atoms with Gasteiger partial charge in [0.2, 0.25) is 0 Å². The van der Waals surface area contributed by atoms with Crippen LogP contribution in [-0.2, 0) is 0 Å². The Labute approximate surface area is 152 Å². The van der Waals surface area contributed by atoms with Gasteiger partial charge in [-0.1, -0.05) is 0 Å². The fourth-order valence-electron chi connectivity index (χ4n) is 2.83. The summed E-state index contributed by atoms with van der Waals surface area (Å²) in [5.41, 5.74) is 6.27. The third kappa shape index (κ3) is 3.88. The van der Waals surface area contributed by atoms with E-state index in [4.69, 9.17) is 10.2 Å². The number of rotatable bonds is 3. The lowest BCUT2D eigenvalue weighted by Gasteiger charge is -2.20. The van der Waals surface area contributed by atoms with Gasteiger partial charge in [0.15, 0.2) is 10.8 Å². The highest BCUT2D eigenvalue weighted by Gasteiger charge is 2.34. The third-order valence-corrected chi connectivity index (χ3v) is 4.97. The Balaban J connectivity index is 0.00000132. The van der Waals surface area contributed by atoms with Crippen molar-refractivity contribution in [2.24, 2.45) is 11.7 Å². The zero-order valence-electron chi connectivity index (χ0n) is 13.0. The van der Waals surface area contributed by atoms with Crippen LogP contribution in [0.15, 0.2) is 22.8 Å². The van der Waals surface area contributed by atoms with Crippen molar-refractivity contribution in [2.75, 3.05) is 13.1 Å². The molecular weight excluding hydrogens is 357 g/mol. The first-order valence-corrected chi connectivity index (χ1v) is 7.94. The third-order valence-electron chi connectivity index (χ3n) is 3.99. The molecule has 1 aliphatic rings. The standard InChI is InChI=1S/C15H19N3O2S.2ClH/c1-9-6-11(7-16)8-18(9)15(19)13-10(2)21-14(17-13)12-4-3-5-20-12;;/h3-5,9,11H,6-8,16H2,1-2H3;2*1H. The van der Waals surface area contributed by atoms with E-state index >= 15 is 0 Å². The molecule has 2 atom stereocenters. The largest absolute Gasteiger partial charge is 0.462 e. The first-order valence-electron chi connectivity index (χ1n) is 7.12. The topological polar surface area (TPSA) is 72.4 Å². The van der Waals surface area contributed by atoms with E-state index in [2.05, 4.69) is 11.9 Å². The van der Waals surface area contributed by atoms with Gasteiger partial charge < -0.3 is 15.1 Å². The smallest absolute Gasteiger partial charge is 0.273 e. The minimum absolute atomic E-state index is 0. The molecule has 1 saturated heterocycles. The maximum absolute atomic E-state index is 12.7. The summed E-state index contributed by atoms with van der Waals surface area (Å²) in [5.74, 6) is 1.11. The highest BCUT2D eigenvalue weighted by Crippen LogP contribution is 2.30. The number of thiazole rings is 1. The second-order valence-corrected chi connectivity index (χ2v) is 6.75. The molecule has 2 aromatic rings. The first kappa shape index (κ1) is 20.0. The second-order valence-electron chi connectivity index (χ2n) is 5.55. The summed E-state index contributed by atoms with van der Waals surface area (Å²) >= 11 is 1.49. The van der Waals surface area contributed by atoms with Crippen LogP contribution in [0.5, 0.6) is 0 Å². The summed E-state index contributed by atoms with van der Waals surface area (Å²) in [7, 11) is 0. The molecule has 0 saturated carbocycles. The van der Waals surface area contributed by atoms with Crippen molar-refractivity contribution in [3.8, 4) is 10.8 Å². The van der Waals surface area contributed by atoms with Crippen molar-refractivity contribution in [3.05, 3.63) is 29.0 Å². The van der Waals surface area contributed by atoms with Crippen LogP contribution in [0.2, 0.25) is 0 Å². The van der Waals surface area contributed by atoms with Gasteiger partial charge in [-0.3, -0.25) is 4.79 Å². The van der Waals surface area contributed by atoms with E-state index in [1.54, 1.807) is 6.26 Å². The minimum atomic E-state index is 0. The number of aromatic nitrogens is 1. The molecule has 0 bridgehead atoms. The zero-order chi connectivity index (χ0) is 15.0. The lowest BCUT2D eigenvalue weighted by atomic mass is 10.1. The van der Waals surface area contributed by atoms with Gasteiger partial charge >= 0.3 is 0 Å². The Morgan fingerprint density at radius 1 is 1.52 bits per heavy atom. The van der Waals surface area contributed by atoms with E-state index < -0.39 is 0 Å². The van der Waals surface area contributed by atoms with Crippen molar-refractivity contribution in [2.45, 2.75) is 26.3 Å². The fourth-order valence-corrected chi connectivity index (χ4v) is 3.71. The van der Waals surface area contributed by atoms with Crippen LogP contribution in [0.25, 0.3) is 10.8 Å². The molecule has 8 heteroatoms. The molecule has 3 rings (SSSR count). The predicted molar refractivity (Wildman–Crippen MR) is 96.7 cm³/mol. The quantitative estimate of drug-likeness (QED) is 0.889. The number of furan rings is 1. The Morgan fingerprint density at radius 2 is 2.26 bits per heavy atom. The van der Waals surface area contributed by atoms with E-state index in [-0.39, 0.29) is 36.8 Å². The molecule has 0 aliphatic carbocycles. The maximum Gasteiger partial charge on any atom is 0.273 e. The highest BCUT2D eigenvalue weighted by molar-refractivity contribution is 7.15. The predicted octanol–water partition coefficient (Wildman–Crippen LogP) is 3.36. The van der Waals surface area contributed by atoms with Crippen LogP contribution in [0, 0.1) is 12.8 Å². The van der Waals surface area contributed by atoms with Crippen LogP contribution in [0.4, 0.5) is 0 Å². The average molecular weight is 378 g/mol. The lowest BCUT2D eigenvalue weighted by Crippen LogP contribution is -2.35. The lowest BCUT2D eigenvalue weighted by molar-refractivity contribution is 0.0737. The monoisotopic (exact) mass is 377 g/mol. The summed E-state index contributed by atoms with van der Waals surface area (Å²) in [6, 6.07) is 3.90. The normalized spacial score (nSPS) is 20.0. The van der Waals surface area contributed by atoms with Crippen LogP contribution < -0.4 is 5.73 Å². The van der Waals surface area contributed by atoms with Crippen LogP contribution in [-0.4, -0.2) is 34.9 Å². The second kappa shape index (κ2) is 8.15. The van der Waals surface area contributed by atoms with E-state index in [0.29, 0.717) is 23.9 Å². The first-order chi connectivity index (χ1) is 10.1. The number of hydrogen-bond donors (Lipinski definition) is 1. The number of amides is 1. The Bertz CT molecular complexity index is 645. The molecule has 2 N–H and O–H groups in total. The number of likely N-dealkylation sites (tertiary alicyclic amines) is 1. The van der Waals surface area contributed by atoms with Crippen LogP contribution in [0.1, 0.15) is 28.7 Å². The van der Waals surface area contributed by atoms with E-state index in [0.717, 1.165) is 22.9 Å². The summed E-state index contributed by atoms with van der Waals surface area (Å²) in [4.78, 5) is 20.0. The fraction of sp³-hybridized carbons (Fsp3) is 0.467. The van der Waals surface area contributed by atoms with Crippen LogP contribution in [0.3, 0.4) is 0 Å². The highest BCUT2D eigenvalue weighted by atomic mass is 35.5. The average Bonchev–Trinajstić information content (AvgIpc) is 3.16. The number of halogens is 2. The molecule has 23 heavy (non-hydrogen) atoms. The van der Waals surface area contributed by atoms with Crippen molar-refractivity contribution in [1.29, 1.82) is 0 Å². The molecule has 3 heterocycles. The molecule has 0 aromatic carbocycles. The molecule has 2 aromatic heterocycles. The molecule has 2 unspecified atom stereocenters. The molecular formula is C15H21Cl2N3O2S. The minimum Gasteiger partial charge on any atom is -0.462 e. The van der Waals surface area contributed by atoms with E-state index in [9.17, 15) is 4.79 Å². The Morgan fingerprint density at radius 3 is 2.83 bits per heavy atom. The van der Waals surface area contributed by atoms with Gasteiger partial charge in [-0.25, -0.2) is 4.98 Å². The summed E-state index contributed by atoms with van der Waals surface area (Å²) in [5, 5.41) is 0.753. The van der Waals surface area contributed by atoms with Crippen LogP contribution >= 0.6 is 36.2 Å². The van der Waals surface area contributed by atoms with Gasteiger partial charge in [-0.05, 0) is 44.9 Å². The van der Waals surface area contributed by atoms with Gasteiger partial charge in [0.25, 0.3) is 5.91 Å². The molecule has 0 radical (unpaired) electrons. The molecule has 1 aliphatic heterocycles. The number of carbonyl (C=O) groups is 1. The number of nitrogens with two attached hydrogens (primary N) is 1. The molecule has 0 spiro atoms. The molecule has 128 valence electrons. The SMILES string of the molecule is Cc1sc(-c2ccco2)nc1C(=O)N1CC(CN)CC1C.Cl.Cl. The number of hydrogen-bond acceptors (Lipinski definition) is 5. The Kier molecular flexibility index (Phi) is 7.07. The van der Waals surface area contributed by atoms with Gasteiger partial charge in [0.05, 0.1) is 6.26 Å². The summed E-state index contributed by atoms with van der Waals surface area (Å²) < 4.78 is 5.36. The van der Waals surface area contributed by atoms with Gasteiger partial charge in [0.1, 0.15) is 5.69 Å². The summed E-state index contributed by atoms with van der Waals surface area (Å²) in [6.45, 7) is 5.35. The van der Waals surface area contributed by atoms with Crippen molar-refractivity contribution in [1.82, 2.24) is 9.88 Å². The number of carbonyl (C=O) groups excluding carboxylic acids is 1. The molecule has 5 nitrogen and oxygen atoms in total. The zero-order valence-corrected chi connectivity index (χ0v) is 15.5.